The average molecular weight is 281 g/mol. The van der Waals surface area contributed by atoms with Crippen LogP contribution in [0, 0.1) is 12.8 Å². The van der Waals surface area contributed by atoms with E-state index < -0.39 is 5.92 Å². The number of benzene rings is 1. The van der Waals surface area contributed by atoms with E-state index in [1.807, 2.05) is 0 Å². The second-order valence-electron chi connectivity index (χ2n) is 6.04. The molecule has 1 aromatic rings. The van der Waals surface area contributed by atoms with E-state index in [1.54, 1.807) is 0 Å². The van der Waals surface area contributed by atoms with Crippen molar-refractivity contribution in [3.8, 4) is 0 Å². The summed E-state index contributed by atoms with van der Waals surface area (Å²) < 4.78 is 26.7. The number of hydrogen-bond donors (Lipinski definition) is 1. The van der Waals surface area contributed by atoms with Crippen LogP contribution in [0.4, 0.5) is 8.78 Å². The first-order valence-corrected chi connectivity index (χ1v) is 7.69. The third-order valence-corrected chi connectivity index (χ3v) is 4.28. The van der Waals surface area contributed by atoms with E-state index in [0.29, 0.717) is 18.8 Å². The van der Waals surface area contributed by atoms with Gasteiger partial charge in [-0.05, 0) is 44.2 Å². The molecule has 1 aliphatic carbocycles. The summed E-state index contributed by atoms with van der Waals surface area (Å²) in [6, 6.07) is 8.69. The summed E-state index contributed by atoms with van der Waals surface area (Å²) in [5.74, 6) is -2.12. The predicted octanol–water partition coefficient (Wildman–Crippen LogP) is 4.86. The summed E-state index contributed by atoms with van der Waals surface area (Å²) in [4.78, 5) is 0. The maximum Gasteiger partial charge on any atom is 0.248 e. The standard InChI is InChI=1S/C17H25F2N/c1-3-12-20-16(14-6-4-13(2)5-7-14)15-8-10-17(18,19)11-9-15/h4-7,15-16,20H,3,8-12H2,1-2H3. The molecule has 1 fully saturated rings. The van der Waals surface area contributed by atoms with Gasteiger partial charge in [0.15, 0.2) is 0 Å². The third-order valence-electron chi connectivity index (χ3n) is 4.28. The lowest BCUT2D eigenvalue weighted by molar-refractivity contribution is -0.0497. The monoisotopic (exact) mass is 281 g/mol. The Labute approximate surface area is 120 Å². The first-order valence-electron chi connectivity index (χ1n) is 7.69. The van der Waals surface area contributed by atoms with Crippen molar-refractivity contribution in [3.63, 3.8) is 0 Å². The number of rotatable bonds is 5. The predicted molar refractivity (Wildman–Crippen MR) is 79.1 cm³/mol. The Balaban J connectivity index is 2.09. The van der Waals surface area contributed by atoms with Gasteiger partial charge in [-0.15, -0.1) is 0 Å². The maximum absolute atomic E-state index is 13.3. The van der Waals surface area contributed by atoms with E-state index >= 15 is 0 Å². The van der Waals surface area contributed by atoms with Gasteiger partial charge in [-0.2, -0.15) is 0 Å². The molecule has 0 radical (unpaired) electrons. The Morgan fingerprint density at radius 3 is 2.35 bits per heavy atom. The Morgan fingerprint density at radius 2 is 1.80 bits per heavy atom. The van der Waals surface area contributed by atoms with Crippen LogP contribution in [0.25, 0.3) is 0 Å². The highest BCUT2D eigenvalue weighted by atomic mass is 19.3. The van der Waals surface area contributed by atoms with Gasteiger partial charge in [-0.25, -0.2) is 8.78 Å². The molecule has 0 aliphatic heterocycles. The fourth-order valence-corrected chi connectivity index (χ4v) is 3.03. The van der Waals surface area contributed by atoms with E-state index in [4.69, 9.17) is 0 Å². The first-order chi connectivity index (χ1) is 9.52. The van der Waals surface area contributed by atoms with Gasteiger partial charge in [0.2, 0.25) is 5.92 Å². The van der Waals surface area contributed by atoms with Gasteiger partial charge in [0.25, 0.3) is 0 Å². The average Bonchev–Trinajstić information content (AvgIpc) is 2.42. The minimum atomic E-state index is -2.45. The quantitative estimate of drug-likeness (QED) is 0.812. The number of hydrogen-bond acceptors (Lipinski definition) is 1. The molecule has 0 spiro atoms. The van der Waals surface area contributed by atoms with Crippen LogP contribution in [-0.2, 0) is 0 Å². The zero-order valence-electron chi connectivity index (χ0n) is 12.5. The molecule has 2 rings (SSSR count). The van der Waals surface area contributed by atoms with Crippen molar-refractivity contribution < 1.29 is 8.78 Å². The summed E-state index contributed by atoms with van der Waals surface area (Å²) in [6.07, 6.45) is 2.36. The minimum Gasteiger partial charge on any atom is -0.310 e. The zero-order chi connectivity index (χ0) is 14.6. The van der Waals surface area contributed by atoms with E-state index in [-0.39, 0.29) is 18.9 Å². The van der Waals surface area contributed by atoms with E-state index in [0.717, 1.165) is 13.0 Å². The smallest absolute Gasteiger partial charge is 0.248 e. The molecule has 0 aromatic heterocycles. The molecule has 0 bridgehead atoms. The van der Waals surface area contributed by atoms with E-state index in [1.165, 1.54) is 11.1 Å². The SMILES string of the molecule is CCCNC(c1ccc(C)cc1)C1CCC(F)(F)CC1. The molecular weight excluding hydrogens is 256 g/mol. The number of nitrogens with one attached hydrogen (secondary N) is 1. The molecule has 1 N–H and O–H groups in total. The molecule has 1 atom stereocenters. The summed E-state index contributed by atoms with van der Waals surface area (Å²) in [5, 5.41) is 3.56. The van der Waals surface area contributed by atoms with Crippen molar-refractivity contribution in [2.75, 3.05) is 6.54 Å². The van der Waals surface area contributed by atoms with Crippen LogP contribution in [0.1, 0.15) is 56.2 Å². The summed E-state index contributed by atoms with van der Waals surface area (Å²) in [5.41, 5.74) is 2.47. The van der Waals surface area contributed by atoms with E-state index in [2.05, 4.69) is 43.4 Å². The van der Waals surface area contributed by atoms with Crippen molar-refractivity contribution in [1.82, 2.24) is 5.32 Å². The molecule has 1 saturated carbocycles. The Bertz CT molecular complexity index is 404. The van der Waals surface area contributed by atoms with Crippen LogP contribution >= 0.6 is 0 Å². The fourth-order valence-electron chi connectivity index (χ4n) is 3.03. The van der Waals surface area contributed by atoms with Gasteiger partial charge >= 0.3 is 0 Å². The highest BCUT2D eigenvalue weighted by Crippen LogP contribution is 2.41. The van der Waals surface area contributed by atoms with Gasteiger partial charge in [-0.3, -0.25) is 0 Å². The number of alkyl halides is 2. The molecule has 112 valence electrons. The largest absolute Gasteiger partial charge is 0.310 e. The normalized spacial score (nSPS) is 20.8. The molecule has 0 heterocycles. The summed E-state index contributed by atoms with van der Waals surface area (Å²) in [6.45, 7) is 5.14. The lowest BCUT2D eigenvalue weighted by Gasteiger charge is -2.34. The Hall–Kier alpha value is -0.960. The van der Waals surface area contributed by atoms with Gasteiger partial charge in [0.05, 0.1) is 0 Å². The van der Waals surface area contributed by atoms with Crippen molar-refractivity contribution in [2.45, 2.75) is 57.9 Å². The first kappa shape index (κ1) is 15.4. The molecule has 1 unspecified atom stereocenters. The second kappa shape index (κ2) is 6.66. The molecule has 20 heavy (non-hydrogen) atoms. The summed E-state index contributed by atoms with van der Waals surface area (Å²) in [7, 11) is 0. The number of halogens is 2. The molecule has 1 aromatic carbocycles. The lowest BCUT2D eigenvalue weighted by atomic mass is 9.79. The van der Waals surface area contributed by atoms with Crippen molar-refractivity contribution in [3.05, 3.63) is 35.4 Å². The minimum absolute atomic E-state index is 0.0355. The number of aryl methyl sites for hydroxylation is 1. The highest BCUT2D eigenvalue weighted by molar-refractivity contribution is 5.25. The van der Waals surface area contributed by atoms with Gasteiger partial charge < -0.3 is 5.32 Å². The van der Waals surface area contributed by atoms with Crippen molar-refractivity contribution in [2.24, 2.45) is 5.92 Å². The van der Waals surface area contributed by atoms with E-state index in [9.17, 15) is 8.78 Å². The maximum atomic E-state index is 13.3. The zero-order valence-corrected chi connectivity index (χ0v) is 12.5. The fraction of sp³-hybridized carbons (Fsp3) is 0.647. The highest BCUT2D eigenvalue weighted by Gasteiger charge is 2.37. The van der Waals surface area contributed by atoms with Crippen LogP contribution < -0.4 is 5.32 Å². The molecule has 1 nitrogen and oxygen atoms in total. The van der Waals surface area contributed by atoms with Crippen molar-refractivity contribution in [1.29, 1.82) is 0 Å². The molecule has 0 saturated heterocycles. The van der Waals surface area contributed by atoms with Crippen LogP contribution in [0.5, 0.6) is 0 Å². The van der Waals surface area contributed by atoms with Crippen LogP contribution in [0.15, 0.2) is 24.3 Å². The van der Waals surface area contributed by atoms with Gasteiger partial charge in [-0.1, -0.05) is 36.8 Å². The van der Waals surface area contributed by atoms with Crippen LogP contribution in [0.2, 0.25) is 0 Å². The van der Waals surface area contributed by atoms with Gasteiger partial charge in [0.1, 0.15) is 0 Å². The third kappa shape index (κ3) is 4.02. The van der Waals surface area contributed by atoms with Crippen LogP contribution in [-0.4, -0.2) is 12.5 Å². The molecule has 1 aliphatic rings. The Kier molecular flexibility index (Phi) is 5.14. The van der Waals surface area contributed by atoms with Crippen molar-refractivity contribution >= 4 is 0 Å². The second-order valence-corrected chi connectivity index (χ2v) is 6.04. The topological polar surface area (TPSA) is 12.0 Å². The Morgan fingerprint density at radius 1 is 1.20 bits per heavy atom. The molecule has 0 amide bonds. The van der Waals surface area contributed by atoms with Crippen LogP contribution in [0.3, 0.4) is 0 Å². The molecular formula is C17H25F2N. The van der Waals surface area contributed by atoms with Gasteiger partial charge in [0, 0.05) is 18.9 Å². The summed E-state index contributed by atoms with van der Waals surface area (Å²) >= 11 is 0. The molecule has 3 heteroatoms. The lowest BCUT2D eigenvalue weighted by Crippen LogP contribution is -2.34.